The van der Waals surface area contributed by atoms with Crippen molar-refractivity contribution in [2.24, 2.45) is 0 Å². The fourth-order valence-corrected chi connectivity index (χ4v) is 1.79. The SMILES string of the molecule is COC(=O)c1ccc(Oc2cc(Cl)ccc2N)nc1C. The molecule has 2 aromatic rings. The van der Waals surface area contributed by atoms with Gasteiger partial charge < -0.3 is 15.2 Å². The number of nitrogen functional groups attached to an aromatic ring is 1. The molecule has 0 spiro atoms. The molecule has 2 N–H and O–H groups in total. The first kappa shape index (κ1) is 14.1. The molecule has 0 unspecified atom stereocenters. The Morgan fingerprint density at radius 1 is 1.30 bits per heavy atom. The molecular formula is C14H13ClN2O3. The maximum atomic E-state index is 11.5. The summed E-state index contributed by atoms with van der Waals surface area (Å²) in [4.78, 5) is 15.6. The number of anilines is 1. The van der Waals surface area contributed by atoms with Gasteiger partial charge in [0.05, 0.1) is 24.1 Å². The number of esters is 1. The first-order chi connectivity index (χ1) is 9.51. The van der Waals surface area contributed by atoms with Gasteiger partial charge in [0.25, 0.3) is 0 Å². The van der Waals surface area contributed by atoms with Gasteiger partial charge in [-0.3, -0.25) is 0 Å². The van der Waals surface area contributed by atoms with Crippen LogP contribution in [0.5, 0.6) is 11.6 Å². The highest BCUT2D eigenvalue weighted by Gasteiger charge is 2.12. The van der Waals surface area contributed by atoms with Crippen LogP contribution in [0.3, 0.4) is 0 Å². The van der Waals surface area contributed by atoms with Crippen molar-refractivity contribution in [3.05, 3.63) is 46.6 Å². The number of carbonyl (C=O) groups excluding carboxylic acids is 1. The molecule has 104 valence electrons. The molecule has 0 bridgehead atoms. The number of nitrogens with zero attached hydrogens (tertiary/aromatic N) is 1. The number of methoxy groups -OCH3 is 1. The van der Waals surface area contributed by atoms with Gasteiger partial charge in [-0.25, -0.2) is 9.78 Å². The summed E-state index contributed by atoms with van der Waals surface area (Å²) in [7, 11) is 1.32. The number of hydrogen-bond donors (Lipinski definition) is 1. The van der Waals surface area contributed by atoms with Crippen molar-refractivity contribution in [2.75, 3.05) is 12.8 Å². The third-order valence-electron chi connectivity index (χ3n) is 2.66. The largest absolute Gasteiger partial charge is 0.465 e. The van der Waals surface area contributed by atoms with Gasteiger partial charge in [-0.2, -0.15) is 0 Å². The Labute approximate surface area is 121 Å². The van der Waals surface area contributed by atoms with Gasteiger partial charge in [0, 0.05) is 17.2 Å². The number of ether oxygens (including phenoxy) is 2. The van der Waals surface area contributed by atoms with Crippen molar-refractivity contribution in [3.8, 4) is 11.6 Å². The molecule has 0 saturated heterocycles. The summed E-state index contributed by atoms with van der Waals surface area (Å²) in [5, 5.41) is 0.511. The van der Waals surface area contributed by atoms with Gasteiger partial charge in [0.2, 0.25) is 5.88 Å². The van der Waals surface area contributed by atoms with Crippen LogP contribution in [-0.2, 0) is 4.74 Å². The summed E-state index contributed by atoms with van der Waals surface area (Å²) >= 11 is 5.88. The standard InChI is InChI=1S/C14H13ClN2O3/c1-8-10(14(18)19-2)4-6-13(17-8)20-12-7-9(15)3-5-11(12)16/h3-7H,16H2,1-2H3. The lowest BCUT2D eigenvalue weighted by Crippen LogP contribution is -2.05. The van der Waals surface area contributed by atoms with E-state index in [-0.39, 0.29) is 0 Å². The number of benzene rings is 1. The molecule has 0 aliphatic heterocycles. The lowest BCUT2D eigenvalue weighted by atomic mass is 10.2. The molecule has 1 aromatic heterocycles. The second-order valence-corrected chi connectivity index (χ2v) is 4.49. The number of aryl methyl sites for hydroxylation is 1. The van der Waals surface area contributed by atoms with Gasteiger partial charge in [0.1, 0.15) is 0 Å². The Bertz CT molecular complexity index is 659. The molecular weight excluding hydrogens is 280 g/mol. The highest BCUT2D eigenvalue weighted by atomic mass is 35.5. The van der Waals surface area contributed by atoms with Crippen molar-refractivity contribution in [1.82, 2.24) is 4.98 Å². The smallest absolute Gasteiger partial charge is 0.339 e. The summed E-state index contributed by atoms with van der Waals surface area (Å²) in [5.41, 5.74) is 7.14. The third kappa shape index (κ3) is 3.00. The van der Waals surface area contributed by atoms with Gasteiger partial charge >= 0.3 is 5.97 Å². The second-order valence-electron chi connectivity index (χ2n) is 4.06. The summed E-state index contributed by atoms with van der Waals surface area (Å²) in [6.07, 6.45) is 0. The fraction of sp³-hybridized carbons (Fsp3) is 0.143. The molecule has 5 nitrogen and oxygen atoms in total. The number of rotatable bonds is 3. The van der Waals surface area contributed by atoms with Crippen molar-refractivity contribution in [2.45, 2.75) is 6.92 Å². The predicted octanol–water partition coefficient (Wildman–Crippen LogP) is 3.20. The van der Waals surface area contributed by atoms with Crippen LogP contribution < -0.4 is 10.5 Å². The van der Waals surface area contributed by atoms with E-state index < -0.39 is 5.97 Å². The molecule has 2 rings (SSSR count). The van der Waals surface area contributed by atoms with Gasteiger partial charge in [-0.15, -0.1) is 0 Å². The van der Waals surface area contributed by atoms with E-state index in [0.29, 0.717) is 33.6 Å². The fourth-order valence-electron chi connectivity index (χ4n) is 1.63. The van der Waals surface area contributed by atoms with Crippen LogP contribution in [0.2, 0.25) is 5.02 Å². The lowest BCUT2D eigenvalue weighted by Gasteiger charge is -2.09. The minimum atomic E-state index is -0.441. The molecule has 20 heavy (non-hydrogen) atoms. The molecule has 6 heteroatoms. The third-order valence-corrected chi connectivity index (χ3v) is 2.89. The number of hydrogen-bond acceptors (Lipinski definition) is 5. The van der Waals surface area contributed by atoms with E-state index in [1.807, 2.05) is 0 Å². The molecule has 0 atom stereocenters. The summed E-state index contributed by atoms with van der Waals surface area (Å²) < 4.78 is 10.2. The van der Waals surface area contributed by atoms with Crippen molar-refractivity contribution in [3.63, 3.8) is 0 Å². The average molecular weight is 293 g/mol. The molecule has 0 radical (unpaired) electrons. The normalized spacial score (nSPS) is 10.2. The zero-order valence-corrected chi connectivity index (χ0v) is 11.8. The maximum Gasteiger partial charge on any atom is 0.339 e. The van der Waals surface area contributed by atoms with Crippen LogP contribution >= 0.6 is 11.6 Å². The highest BCUT2D eigenvalue weighted by molar-refractivity contribution is 6.30. The molecule has 0 fully saturated rings. The van der Waals surface area contributed by atoms with Crippen LogP contribution in [0.1, 0.15) is 16.1 Å². The molecule has 0 saturated carbocycles. The maximum absolute atomic E-state index is 11.5. The number of halogens is 1. The number of aromatic nitrogens is 1. The second kappa shape index (κ2) is 5.79. The topological polar surface area (TPSA) is 74.4 Å². The number of pyridine rings is 1. The van der Waals surface area contributed by atoms with Gasteiger partial charge in [-0.1, -0.05) is 11.6 Å². The minimum Gasteiger partial charge on any atom is -0.465 e. The Balaban J connectivity index is 2.29. The molecule has 0 amide bonds. The van der Waals surface area contributed by atoms with Gasteiger partial charge in [-0.05, 0) is 25.1 Å². The van der Waals surface area contributed by atoms with Crippen LogP contribution in [0.15, 0.2) is 30.3 Å². The Morgan fingerprint density at radius 3 is 2.70 bits per heavy atom. The quantitative estimate of drug-likeness (QED) is 0.694. The molecule has 1 heterocycles. The summed E-state index contributed by atoms with van der Waals surface area (Å²) in [6, 6.07) is 8.07. The Kier molecular flexibility index (Phi) is 4.10. The lowest BCUT2D eigenvalue weighted by molar-refractivity contribution is 0.0599. The van der Waals surface area contributed by atoms with E-state index in [4.69, 9.17) is 22.1 Å². The van der Waals surface area contributed by atoms with E-state index in [1.54, 1.807) is 37.3 Å². The van der Waals surface area contributed by atoms with E-state index in [9.17, 15) is 4.79 Å². The molecule has 0 aliphatic rings. The first-order valence-electron chi connectivity index (χ1n) is 5.80. The van der Waals surface area contributed by atoms with E-state index in [1.165, 1.54) is 7.11 Å². The predicted molar refractivity (Wildman–Crippen MR) is 76.3 cm³/mol. The zero-order chi connectivity index (χ0) is 14.7. The van der Waals surface area contributed by atoms with Crippen LogP contribution in [0, 0.1) is 6.92 Å². The molecule has 1 aromatic carbocycles. The first-order valence-corrected chi connectivity index (χ1v) is 6.18. The summed E-state index contributed by atoms with van der Waals surface area (Å²) in [5.74, 6) is 0.295. The Hall–Kier alpha value is -2.27. The highest BCUT2D eigenvalue weighted by Crippen LogP contribution is 2.29. The molecule has 0 aliphatic carbocycles. The summed E-state index contributed by atoms with van der Waals surface area (Å²) in [6.45, 7) is 1.69. The monoisotopic (exact) mass is 292 g/mol. The van der Waals surface area contributed by atoms with E-state index in [2.05, 4.69) is 9.72 Å². The van der Waals surface area contributed by atoms with Crippen LogP contribution in [0.4, 0.5) is 5.69 Å². The number of carbonyl (C=O) groups is 1. The van der Waals surface area contributed by atoms with Crippen molar-refractivity contribution in [1.29, 1.82) is 0 Å². The average Bonchev–Trinajstić information content (AvgIpc) is 2.42. The van der Waals surface area contributed by atoms with Crippen LogP contribution in [-0.4, -0.2) is 18.1 Å². The van der Waals surface area contributed by atoms with E-state index in [0.717, 1.165) is 0 Å². The minimum absolute atomic E-state index is 0.323. The Morgan fingerprint density at radius 2 is 2.05 bits per heavy atom. The van der Waals surface area contributed by atoms with Gasteiger partial charge in [0.15, 0.2) is 5.75 Å². The van der Waals surface area contributed by atoms with E-state index >= 15 is 0 Å². The van der Waals surface area contributed by atoms with Crippen molar-refractivity contribution < 1.29 is 14.3 Å². The number of nitrogens with two attached hydrogens (primary N) is 1. The van der Waals surface area contributed by atoms with Crippen molar-refractivity contribution >= 4 is 23.3 Å². The van der Waals surface area contributed by atoms with Crippen LogP contribution in [0.25, 0.3) is 0 Å². The zero-order valence-electron chi connectivity index (χ0n) is 11.0.